The number of carbonyl (C=O) groups is 3. The summed E-state index contributed by atoms with van der Waals surface area (Å²) in [5.41, 5.74) is 7.22. The highest BCUT2D eigenvalue weighted by atomic mass is 35.5. The highest BCUT2D eigenvalue weighted by molar-refractivity contribution is 8.26. The van der Waals surface area contributed by atoms with Gasteiger partial charge in [-0.3, -0.25) is 30.1 Å². The van der Waals surface area contributed by atoms with Gasteiger partial charge in [-0.25, -0.2) is 0 Å². The lowest BCUT2D eigenvalue weighted by atomic mass is 10.2. The molecule has 1 aliphatic heterocycles. The number of amides is 3. The molecule has 7 nitrogen and oxygen atoms in total. The SMILES string of the molecule is O=C(CCCCCN1C(=O)/C(=C/c2ccc(Cl)cc2)SC1=S)NNC(=O)c1ccc(OCc2ccccc2)cc1. The Labute approximate surface area is 247 Å². The minimum absolute atomic E-state index is 0.110. The molecule has 0 spiro atoms. The largest absolute Gasteiger partial charge is 0.489 e. The van der Waals surface area contributed by atoms with E-state index in [0.29, 0.717) is 51.6 Å². The Balaban J connectivity index is 1.11. The molecule has 206 valence electrons. The third kappa shape index (κ3) is 8.67. The normalized spacial score (nSPS) is 13.9. The fraction of sp³-hybridized carbons (Fsp3) is 0.200. The molecule has 1 saturated heterocycles. The van der Waals surface area contributed by atoms with Crippen LogP contribution in [0.25, 0.3) is 6.08 Å². The Morgan fingerprint density at radius 2 is 1.65 bits per heavy atom. The van der Waals surface area contributed by atoms with E-state index in [-0.39, 0.29) is 18.2 Å². The smallest absolute Gasteiger partial charge is 0.269 e. The molecule has 0 radical (unpaired) electrons. The highest BCUT2D eigenvalue weighted by Crippen LogP contribution is 2.33. The molecule has 0 aliphatic carbocycles. The Morgan fingerprint density at radius 1 is 0.925 bits per heavy atom. The van der Waals surface area contributed by atoms with Crippen molar-refractivity contribution in [2.75, 3.05) is 6.54 Å². The first-order chi connectivity index (χ1) is 19.4. The number of hydrogen-bond donors (Lipinski definition) is 2. The second kappa shape index (κ2) is 14.6. The van der Waals surface area contributed by atoms with Crippen LogP contribution in [0, 0.1) is 0 Å². The van der Waals surface area contributed by atoms with Crippen LogP contribution in [0.2, 0.25) is 5.02 Å². The molecular formula is C30H28ClN3O4S2. The lowest BCUT2D eigenvalue weighted by Crippen LogP contribution is -2.41. The molecule has 4 rings (SSSR count). The molecule has 3 aromatic carbocycles. The van der Waals surface area contributed by atoms with E-state index in [0.717, 1.165) is 17.5 Å². The maximum absolute atomic E-state index is 12.7. The van der Waals surface area contributed by atoms with Gasteiger partial charge in [0.15, 0.2) is 0 Å². The average molecular weight is 594 g/mol. The Bertz CT molecular complexity index is 1380. The van der Waals surface area contributed by atoms with Crippen molar-refractivity contribution in [1.29, 1.82) is 0 Å². The molecule has 10 heteroatoms. The van der Waals surface area contributed by atoms with E-state index < -0.39 is 5.91 Å². The molecule has 1 fully saturated rings. The molecule has 0 unspecified atom stereocenters. The summed E-state index contributed by atoms with van der Waals surface area (Å²) in [4.78, 5) is 39.4. The van der Waals surface area contributed by atoms with E-state index in [1.807, 2.05) is 48.5 Å². The zero-order chi connectivity index (χ0) is 28.3. The monoisotopic (exact) mass is 593 g/mol. The number of thiocarbonyl (C=S) groups is 1. The number of nitrogens with one attached hydrogen (secondary N) is 2. The van der Waals surface area contributed by atoms with Crippen LogP contribution >= 0.6 is 35.6 Å². The summed E-state index contributed by atoms with van der Waals surface area (Å²) in [6.07, 6.45) is 4.12. The van der Waals surface area contributed by atoms with Gasteiger partial charge in [0.05, 0.1) is 4.91 Å². The summed E-state index contributed by atoms with van der Waals surface area (Å²) >= 11 is 12.6. The van der Waals surface area contributed by atoms with Crippen molar-refractivity contribution < 1.29 is 19.1 Å². The van der Waals surface area contributed by atoms with Gasteiger partial charge in [0.25, 0.3) is 11.8 Å². The Morgan fingerprint density at radius 3 is 2.38 bits per heavy atom. The van der Waals surface area contributed by atoms with Gasteiger partial charge in [-0.2, -0.15) is 0 Å². The number of nitrogens with zero attached hydrogens (tertiary/aromatic N) is 1. The van der Waals surface area contributed by atoms with Crippen LogP contribution < -0.4 is 15.6 Å². The fourth-order valence-corrected chi connectivity index (χ4v) is 5.27. The summed E-state index contributed by atoms with van der Waals surface area (Å²) in [5, 5.41) is 0.635. The zero-order valence-electron chi connectivity index (χ0n) is 21.6. The number of rotatable bonds is 11. The molecule has 40 heavy (non-hydrogen) atoms. The summed E-state index contributed by atoms with van der Waals surface area (Å²) in [5.74, 6) is -0.161. The first kappa shape index (κ1) is 29.3. The summed E-state index contributed by atoms with van der Waals surface area (Å²) in [7, 11) is 0. The first-order valence-corrected chi connectivity index (χ1v) is 14.4. The van der Waals surface area contributed by atoms with Gasteiger partial charge >= 0.3 is 0 Å². The molecule has 3 aromatic rings. The second-order valence-corrected chi connectivity index (χ2v) is 11.1. The zero-order valence-corrected chi connectivity index (χ0v) is 24.0. The standard InChI is InChI=1S/C30H28ClN3O4S2/c31-24-14-10-21(11-15-24)19-26-29(37)34(30(39)40-26)18-6-2-5-9-27(35)32-33-28(36)23-12-16-25(17-13-23)38-20-22-7-3-1-4-8-22/h1,3-4,7-8,10-17,19H,2,5-6,9,18,20H2,(H,32,35)(H,33,36)/b26-19-. The van der Waals surface area contributed by atoms with Gasteiger partial charge in [-0.1, -0.05) is 84.5 Å². The van der Waals surface area contributed by atoms with Crippen molar-refractivity contribution >= 4 is 63.7 Å². The predicted molar refractivity (Wildman–Crippen MR) is 163 cm³/mol. The van der Waals surface area contributed by atoms with Crippen LogP contribution in [-0.2, 0) is 16.2 Å². The lowest BCUT2D eigenvalue weighted by Gasteiger charge is -2.14. The average Bonchev–Trinajstić information content (AvgIpc) is 3.23. The van der Waals surface area contributed by atoms with E-state index in [2.05, 4.69) is 10.9 Å². The van der Waals surface area contributed by atoms with Crippen LogP contribution in [0.1, 0.15) is 47.2 Å². The van der Waals surface area contributed by atoms with Crippen molar-refractivity contribution in [3.63, 3.8) is 0 Å². The number of carbonyl (C=O) groups excluding carboxylic acids is 3. The van der Waals surface area contributed by atoms with Crippen LogP contribution in [0.5, 0.6) is 5.75 Å². The molecular weight excluding hydrogens is 566 g/mol. The molecule has 3 amide bonds. The minimum atomic E-state index is -0.413. The predicted octanol–water partition coefficient (Wildman–Crippen LogP) is 6.14. The minimum Gasteiger partial charge on any atom is -0.489 e. The molecule has 2 N–H and O–H groups in total. The van der Waals surface area contributed by atoms with E-state index >= 15 is 0 Å². The number of halogens is 1. The summed E-state index contributed by atoms with van der Waals surface area (Å²) in [6.45, 7) is 0.927. The lowest BCUT2D eigenvalue weighted by molar-refractivity contribution is -0.123. The van der Waals surface area contributed by atoms with E-state index in [1.165, 1.54) is 11.8 Å². The van der Waals surface area contributed by atoms with Crippen LogP contribution in [0.4, 0.5) is 0 Å². The molecule has 0 bridgehead atoms. The topological polar surface area (TPSA) is 87.7 Å². The van der Waals surface area contributed by atoms with E-state index in [9.17, 15) is 14.4 Å². The molecule has 1 heterocycles. The van der Waals surface area contributed by atoms with Gasteiger partial charge in [-0.15, -0.1) is 0 Å². The highest BCUT2D eigenvalue weighted by Gasteiger charge is 2.31. The van der Waals surface area contributed by atoms with Gasteiger partial charge in [-0.05, 0) is 66.4 Å². The molecule has 0 atom stereocenters. The maximum Gasteiger partial charge on any atom is 0.269 e. The summed E-state index contributed by atoms with van der Waals surface area (Å²) in [6, 6.07) is 23.7. The van der Waals surface area contributed by atoms with Crippen molar-refractivity contribution in [1.82, 2.24) is 15.8 Å². The third-order valence-corrected chi connectivity index (χ3v) is 7.64. The number of ether oxygens (including phenoxy) is 1. The van der Waals surface area contributed by atoms with Gasteiger partial charge in [0.2, 0.25) is 5.91 Å². The van der Waals surface area contributed by atoms with Crippen molar-refractivity contribution in [2.24, 2.45) is 0 Å². The van der Waals surface area contributed by atoms with E-state index in [1.54, 1.807) is 41.3 Å². The first-order valence-electron chi connectivity index (χ1n) is 12.8. The number of thioether (sulfide) groups is 1. The van der Waals surface area contributed by atoms with Gasteiger partial charge in [0.1, 0.15) is 16.7 Å². The molecule has 0 aromatic heterocycles. The van der Waals surface area contributed by atoms with Crippen LogP contribution in [0.3, 0.4) is 0 Å². The van der Waals surface area contributed by atoms with E-state index in [4.69, 9.17) is 28.6 Å². The summed E-state index contributed by atoms with van der Waals surface area (Å²) < 4.78 is 6.26. The Hall–Kier alpha value is -3.66. The quantitative estimate of drug-likeness (QED) is 0.120. The van der Waals surface area contributed by atoms with Crippen molar-refractivity contribution in [3.8, 4) is 5.75 Å². The van der Waals surface area contributed by atoms with Crippen molar-refractivity contribution in [3.05, 3.63) is 105 Å². The van der Waals surface area contributed by atoms with Gasteiger partial charge in [0, 0.05) is 23.6 Å². The fourth-order valence-electron chi connectivity index (χ4n) is 3.84. The maximum atomic E-state index is 12.7. The van der Waals surface area contributed by atoms with Gasteiger partial charge < -0.3 is 4.74 Å². The molecule has 1 aliphatic rings. The number of unbranched alkanes of at least 4 members (excludes halogenated alkanes) is 2. The second-order valence-electron chi connectivity index (χ2n) is 9.00. The Kier molecular flexibility index (Phi) is 10.7. The molecule has 0 saturated carbocycles. The van der Waals surface area contributed by atoms with Crippen LogP contribution in [0.15, 0.2) is 83.8 Å². The number of hydrogen-bond acceptors (Lipinski definition) is 6. The van der Waals surface area contributed by atoms with Crippen molar-refractivity contribution in [2.45, 2.75) is 32.3 Å². The van der Waals surface area contributed by atoms with Crippen LogP contribution in [-0.4, -0.2) is 33.5 Å². The number of hydrazine groups is 1. The number of benzene rings is 3. The third-order valence-electron chi connectivity index (χ3n) is 6.01.